The maximum atomic E-state index is 12.2. The van der Waals surface area contributed by atoms with Crippen molar-refractivity contribution in [2.45, 2.75) is 32.8 Å². The Kier molecular flexibility index (Phi) is 6.36. The van der Waals surface area contributed by atoms with Crippen molar-refractivity contribution in [1.82, 2.24) is 9.97 Å². The lowest BCUT2D eigenvalue weighted by molar-refractivity contribution is -0.153. The van der Waals surface area contributed by atoms with Crippen molar-refractivity contribution in [2.24, 2.45) is 0 Å². The highest BCUT2D eigenvalue weighted by Crippen LogP contribution is 2.12. The maximum Gasteiger partial charge on any atom is 0.307 e. The largest absolute Gasteiger partial charge is 0.453 e. The van der Waals surface area contributed by atoms with Gasteiger partial charge in [-0.15, -0.1) is 0 Å². The Labute approximate surface area is 172 Å². The van der Waals surface area contributed by atoms with E-state index in [-0.39, 0.29) is 24.2 Å². The van der Waals surface area contributed by atoms with E-state index in [9.17, 15) is 19.2 Å². The summed E-state index contributed by atoms with van der Waals surface area (Å²) in [5.74, 6) is -0.771. The van der Waals surface area contributed by atoms with Crippen LogP contribution in [-0.2, 0) is 20.7 Å². The Morgan fingerprint density at radius 2 is 1.80 bits per heavy atom. The van der Waals surface area contributed by atoms with Gasteiger partial charge >= 0.3 is 5.97 Å². The van der Waals surface area contributed by atoms with E-state index in [1.54, 1.807) is 48.5 Å². The van der Waals surface area contributed by atoms with Crippen molar-refractivity contribution >= 4 is 34.3 Å². The molecule has 3 aromatic rings. The minimum atomic E-state index is -1.01. The molecule has 1 amide bonds. The Morgan fingerprint density at radius 3 is 2.50 bits per heavy atom. The van der Waals surface area contributed by atoms with Crippen LogP contribution in [0, 0.1) is 0 Å². The number of ether oxygens (including phenoxy) is 1. The molecule has 0 radical (unpaired) electrons. The standard InChI is InChI=1S/C22H21N3O5/c1-13(26)15-7-9-16(10-8-15)23-21(28)14(2)30-20(27)12-11-19-24-18-6-4-3-5-17(18)22(29)25-19/h3-10,14H,11-12H2,1-2H3,(H,23,28)(H,24,25,29)/t14-/m0/s1. The zero-order chi connectivity index (χ0) is 21.7. The fourth-order valence-electron chi connectivity index (χ4n) is 2.82. The van der Waals surface area contributed by atoms with Gasteiger partial charge < -0.3 is 15.0 Å². The van der Waals surface area contributed by atoms with Crippen molar-refractivity contribution in [2.75, 3.05) is 5.32 Å². The first-order chi connectivity index (χ1) is 14.3. The summed E-state index contributed by atoms with van der Waals surface area (Å²) in [5, 5.41) is 3.10. The van der Waals surface area contributed by atoms with Gasteiger partial charge in [-0.3, -0.25) is 19.2 Å². The van der Waals surface area contributed by atoms with E-state index in [1.165, 1.54) is 13.8 Å². The van der Waals surface area contributed by atoms with Gasteiger partial charge in [0.25, 0.3) is 11.5 Å². The molecule has 0 aliphatic heterocycles. The molecule has 0 aliphatic carbocycles. The minimum Gasteiger partial charge on any atom is -0.453 e. The predicted octanol–water partition coefficient (Wildman–Crippen LogP) is 2.63. The molecule has 0 saturated heterocycles. The topological polar surface area (TPSA) is 118 Å². The van der Waals surface area contributed by atoms with Gasteiger partial charge in [-0.1, -0.05) is 12.1 Å². The zero-order valence-electron chi connectivity index (χ0n) is 16.6. The quantitative estimate of drug-likeness (QED) is 0.459. The number of carbonyl (C=O) groups excluding carboxylic acids is 3. The Hall–Kier alpha value is -3.81. The zero-order valence-corrected chi connectivity index (χ0v) is 16.6. The third-order valence-corrected chi connectivity index (χ3v) is 4.46. The number of benzene rings is 2. The number of hydrogen-bond acceptors (Lipinski definition) is 6. The number of anilines is 1. The van der Waals surface area contributed by atoms with E-state index >= 15 is 0 Å². The molecule has 1 aromatic heterocycles. The van der Waals surface area contributed by atoms with Crippen LogP contribution in [0.4, 0.5) is 5.69 Å². The van der Waals surface area contributed by atoms with Crippen LogP contribution in [0.25, 0.3) is 10.9 Å². The van der Waals surface area contributed by atoms with Crippen molar-refractivity contribution in [3.05, 3.63) is 70.3 Å². The lowest BCUT2D eigenvalue weighted by Gasteiger charge is -2.13. The number of amides is 1. The predicted molar refractivity (Wildman–Crippen MR) is 111 cm³/mol. The molecule has 8 heteroatoms. The average molecular weight is 407 g/mol. The van der Waals surface area contributed by atoms with Gasteiger partial charge in [0.15, 0.2) is 11.9 Å². The summed E-state index contributed by atoms with van der Waals surface area (Å²) >= 11 is 0. The number of ketones is 1. The van der Waals surface area contributed by atoms with Gasteiger partial charge in [0.2, 0.25) is 0 Å². The number of rotatable bonds is 7. The molecule has 3 rings (SSSR count). The molecule has 2 aromatic carbocycles. The number of H-pyrrole nitrogens is 1. The van der Waals surface area contributed by atoms with Crippen LogP contribution in [0.3, 0.4) is 0 Å². The van der Waals surface area contributed by atoms with Gasteiger partial charge in [0.1, 0.15) is 5.82 Å². The second kappa shape index (κ2) is 9.13. The van der Waals surface area contributed by atoms with Crippen LogP contribution >= 0.6 is 0 Å². The van der Waals surface area contributed by atoms with Gasteiger partial charge in [-0.25, -0.2) is 4.98 Å². The fraction of sp³-hybridized carbons (Fsp3) is 0.227. The van der Waals surface area contributed by atoms with Gasteiger partial charge in [0.05, 0.1) is 17.3 Å². The first kappa shape index (κ1) is 20.9. The van der Waals surface area contributed by atoms with E-state index in [2.05, 4.69) is 15.3 Å². The number of para-hydroxylation sites is 1. The molecule has 0 unspecified atom stereocenters. The van der Waals surface area contributed by atoms with E-state index in [0.717, 1.165) is 0 Å². The molecule has 154 valence electrons. The summed E-state index contributed by atoms with van der Waals surface area (Å²) in [4.78, 5) is 54.6. The third kappa shape index (κ3) is 5.16. The molecule has 0 bridgehead atoms. The fourth-order valence-corrected chi connectivity index (χ4v) is 2.82. The van der Waals surface area contributed by atoms with Crippen molar-refractivity contribution in [1.29, 1.82) is 0 Å². The Balaban J connectivity index is 1.53. The molecular formula is C22H21N3O5. The minimum absolute atomic E-state index is 0.0355. The van der Waals surface area contributed by atoms with Gasteiger partial charge in [-0.2, -0.15) is 0 Å². The number of aromatic amines is 1. The number of esters is 1. The molecule has 0 saturated carbocycles. The molecule has 2 N–H and O–H groups in total. The smallest absolute Gasteiger partial charge is 0.307 e. The first-order valence-corrected chi connectivity index (χ1v) is 9.43. The van der Waals surface area contributed by atoms with Gasteiger partial charge in [0, 0.05) is 17.7 Å². The van der Waals surface area contributed by atoms with Crippen molar-refractivity contribution in [3.63, 3.8) is 0 Å². The average Bonchev–Trinajstić information content (AvgIpc) is 2.72. The lowest BCUT2D eigenvalue weighted by atomic mass is 10.1. The van der Waals surface area contributed by atoms with Crippen LogP contribution in [-0.4, -0.2) is 33.7 Å². The summed E-state index contributed by atoms with van der Waals surface area (Å²) in [5.41, 5.74) is 1.30. The van der Waals surface area contributed by atoms with E-state index in [0.29, 0.717) is 28.0 Å². The molecule has 0 fully saturated rings. The number of fused-ring (bicyclic) bond motifs is 1. The summed E-state index contributed by atoms with van der Waals surface area (Å²) in [7, 11) is 0. The highest BCUT2D eigenvalue weighted by Gasteiger charge is 2.18. The molecule has 0 aliphatic rings. The number of aryl methyl sites for hydroxylation is 1. The number of carbonyl (C=O) groups is 3. The lowest BCUT2D eigenvalue weighted by Crippen LogP contribution is -2.30. The monoisotopic (exact) mass is 407 g/mol. The van der Waals surface area contributed by atoms with Gasteiger partial charge in [-0.05, 0) is 50.2 Å². The number of Topliss-reactive ketones (excluding diaryl/α,β-unsaturated/α-hetero) is 1. The second-order valence-corrected chi connectivity index (χ2v) is 6.78. The molecule has 1 heterocycles. The third-order valence-electron chi connectivity index (χ3n) is 4.46. The number of nitrogens with zero attached hydrogens (tertiary/aromatic N) is 1. The van der Waals surface area contributed by atoms with E-state index in [4.69, 9.17) is 4.74 Å². The SMILES string of the molecule is CC(=O)c1ccc(NC(=O)[C@H](C)OC(=O)CCc2nc3ccccc3c(=O)[nH]2)cc1. The van der Waals surface area contributed by atoms with Crippen LogP contribution in [0.1, 0.15) is 36.5 Å². The number of aromatic nitrogens is 2. The molecule has 30 heavy (non-hydrogen) atoms. The van der Waals surface area contributed by atoms with Crippen LogP contribution in [0.15, 0.2) is 53.3 Å². The highest BCUT2D eigenvalue weighted by molar-refractivity contribution is 5.97. The Bertz CT molecular complexity index is 1150. The summed E-state index contributed by atoms with van der Waals surface area (Å²) < 4.78 is 5.16. The van der Waals surface area contributed by atoms with Crippen molar-refractivity contribution in [3.8, 4) is 0 Å². The summed E-state index contributed by atoms with van der Waals surface area (Å²) in [6, 6.07) is 13.3. The summed E-state index contributed by atoms with van der Waals surface area (Å²) in [6.45, 7) is 2.92. The summed E-state index contributed by atoms with van der Waals surface area (Å²) in [6.07, 6.45) is -0.861. The maximum absolute atomic E-state index is 12.2. The van der Waals surface area contributed by atoms with Crippen molar-refractivity contribution < 1.29 is 19.1 Å². The molecule has 1 atom stereocenters. The van der Waals surface area contributed by atoms with Crippen LogP contribution < -0.4 is 10.9 Å². The van der Waals surface area contributed by atoms with E-state index in [1.807, 2.05) is 0 Å². The second-order valence-electron chi connectivity index (χ2n) is 6.78. The highest BCUT2D eigenvalue weighted by atomic mass is 16.5. The molecule has 0 spiro atoms. The first-order valence-electron chi connectivity index (χ1n) is 9.43. The number of nitrogens with one attached hydrogen (secondary N) is 2. The normalized spacial score (nSPS) is 11.7. The van der Waals surface area contributed by atoms with Crippen LogP contribution in [0.2, 0.25) is 0 Å². The Morgan fingerprint density at radius 1 is 1.10 bits per heavy atom. The number of hydrogen-bond donors (Lipinski definition) is 2. The van der Waals surface area contributed by atoms with Crippen LogP contribution in [0.5, 0.6) is 0 Å². The van der Waals surface area contributed by atoms with E-state index < -0.39 is 18.0 Å². The molecule has 8 nitrogen and oxygen atoms in total. The molecular weight excluding hydrogens is 386 g/mol.